The van der Waals surface area contributed by atoms with Crippen molar-refractivity contribution in [1.29, 1.82) is 0 Å². The molecule has 7 heavy (non-hydrogen) atoms. The first kappa shape index (κ1) is 7.07. The molecule has 1 unspecified atom stereocenters. The van der Waals surface area contributed by atoms with Crippen LogP contribution in [0.2, 0.25) is 0 Å². The number of hydrogen-bond donors (Lipinski definition) is 2. The lowest BCUT2D eigenvalue weighted by atomic mass is 10.5. The van der Waals surface area contributed by atoms with E-state index in [0.29, 0.717) is 0 Å². The van der Waals surface area contributed by atoms with Gasteiger partial charge in [-0.05, 0) is 13.8 Å². The average molecular weight is 124 g/mol. The molecule has 0 spiro atoms. The van der Waals surface area contributed by atoms with Crippen molar-refractivity contribution in [2.75, 3.05) is 0 Å². The first-order chi connectivity index (χ1) is 2.94. The van der Waals surface area contributed by atoms with Crippen LogP contribution in [0.25, 0.3) is 0 Å². The van der Waals surface area contributed by atoms with Gasteiger partial charge in [0.15, 0.2) is 16.0 Å². The van der Waals surface area contributed by atoms with E-state index in [1.807, 2.05) is 0 Å². The maximum absolute atomic E-state index is 9.88. The molecule has 0 bridgehead atoms. The maximum atomic E-state index is 9.88. The van der Waals surface area contributed by atoms with Crippen LogP contribution in [0.4, 0.5) is 0 Å². The summed E-state index contributed by atoms with van der Waals surface area (Å²) in [5.41, 5.74) is 0. The molecule has 0 aromatic carbocycles. The highest BCUT2D eigenvalue weighted by Crippen LogP contribution is 2.02. The lowest BCUT2D eigenvalue weighted by molar-refractivity contribution is 0.162. The quantitative estimate of drug-likeness (QED) is 0.481. The molecule has 0 saturated carbocycles. The van der Waals surface area contributed by atoms with Crippen LogP contribution in [-0.4, -0.2) is 18.8 Å². The fraction of sp³-hybridized carbons (Fsp3) is 1.00. The molecule has 0 fully saturated rings. The van der Waals surface area contributed by atoms with Gasteiger partial charge < -0.3 is 9.66 Å². The predicted molar refractivity (Wildman–Crippen MR) is 27.1 cm³/mol. The summed E-state index contributed by atoms with van der Waals surface area (Å²) in [6.45, 7) is 2.53. The van der Waals surface area contributed by atoms with E-state index in [-0.39, 0.29) is 0 Å². The monoisotopic (exact) mass is 124 g/mol. The third-order valence-corrected chi connectivity index (χ3v) is 1.28. The zero-order valence-corrected chi connectivity index (χ0v) is 5.03. The number of aliphatic hydroxyl groups is 1. The fourth-order valence-corrected chi connectivity index (χ4v) is 0. The van der Waals surface area contributed by atoms with Crippen LogP contribution in [0.1, 0.15) is 13.8 Å². The van der Waals surface area contributed by atoms with Gasteiger partial charge >= 0.3 is 0 Å². The summed E-state index contributed by atoms with van der Waals surface area (Å²) in [4.78, 5) is -1.47. The third kappa shape index (κ3) is 2.73. The van der Waals surface area contributed by atoms with E-state index in [9.17, 15) is 4.21 Å². The zero-order chi connectivity index (χ0) is 6.08. The Hall–Kier alpha value is 0.0700. The molecular formula is C3H8O3S. The molecule has 0 heterocycles. The van der Waals surface area contributed by atoms with Gasteiger partial charge in [0, 0.05) is 0 Å². The lowest BCUT2D eigenvalue weighted by Gasteiger charge is -2.09. The van der Waals surface area contributed by atoms with E-state index in [2.05, 4.69) is 0 Å². The largest absolute Gasteiger partial charge is 0.375 e. The van der Waals surface area contributed by atoms with Crippen molar-refractivity contribution in [1.82, 2.24) is 0 Å². The molecule has 2 N–H and O–H groups in total. The highest BCUT2D eigenvalue weighted by Gasteiger charge is 2.18. The second-order valence-corrected chi connectivity index (χ2v) is 3.19. The minimum Gasteiger partial charge on any atom is -0.375 e. The molecule has 0 amide bonds. The van der Waals surface area contributed by atoms with Crippen molar-refractivity contribution < 1.29 is 13.9 Å². The molecule has 1 atom stereocenters. The number of hydrogen-bond acceptors (Lipinski definition) is 2. The Kier molecular flexibility index (Phi) is 1.92. The van der Waals surface area contributed by atoms with Crippen molar-refractivity contribution in [2.24, 2.45) is 0 Å². The summed E-state index contributed by atoms with van der Waals surface area (Å²) in [6, 6.07) is 0. The van der Waals surface area contributed by atoms with Crippen LogP contribution in [0.5, 0.6) is 0 Å². The molecule has 3 nitrogen and oxygen atoms in total. The van der Waals surface area contributed by atoms with Gasteiger partial charge in [-0.25, -0.2) is 4.21 Å². The van der Waals surface area contributed by atoms with Crippen molar-refractivity contribution in [2.45, 2.75) is 18.8 Å². The van der Waals surface area contributed by atoms with Gasteiger partial charge in [0.1, 0.15) is 0 Å². The van der Waals surface area contributed by atoms with Gasteiger partial charge in [0.2, 0.25) is 0 Å². The van der Waals surface area contributed by atoms with Crippen LogP contribution in [0.15, 0.2) is 0 Å². The molecule has 0 aliphatic carbocycles. The molecule has 0 aliphatic heterocycles. The fourth-order valence-electron chi connectivity index (χ4n) is 0. The highest BCUT2D eigenvalue weighted by molar-refractivity contribution is 7.80. The molecule has 0 rings (SSSR count). The van der Waals surface area contributed by atoms with Crippen molar-refractivity contribution in [3.05, 3.63) is 0 Å². The normalized spacial score (nSPS) is 16.6. The molecular weight excluding hydrogens is 116 g/mol. The topological polar surface area (TPSA) is 57.5 Å². The van der Waals surface area contributed by atoms with Gasteiger partial charge in [-0.15, -0.1) is 0 Å². The summed E-state index contributed by atoms with van der Waals surface area (Å²) in [7, 11) is 0. The summed E-state index contributed by atoms with van der Waals surface area (Å²) in [6.07, 6.45) is 0. The molecule has 44 valence electrons. The van der Waals surface area contributed by atoms with Crippen molar-refractivity contribution in [3.8, 4) is 0 Å². The zero-order valence-electron chi connectivity index (χ0n) is 4.21. The Morgan fingerprint density at radius 2 is 1.71 bits per heavy atom. The second-order valence-electron chi connectivity index (χ2n) is 1.70. The minimum absolute atomic E-state index is 1.27. The summed E-state index contributed by atoms with van der Waals surface area (Å²) in [5, 5.41) is 8.54. The van der Waals surface area contributed by atoms with E-state index in [4.69, 9.17) is 9.66 Å². The van der Waals surface area contributed by atoms with E-state index in [0.717, 1.165) is 0 Å². The Morgan fingerprint density at radius 3 is 1.71 bits per heavy atom. The molecule has 0 aromatic rings. The lowest BCUT2D eigenvalue weighted by Crippen LogP contribution is -2.24. The molecule has 0 radical (unpaired) electrons. The summed E-state index contributed by atoms with van der Waals surface area (Å²) >= 11 is -2.13. The van der Waals surface area contributed by atoms with E-state index in [1.54, 1.807) is 0 Å². The third-order valence-electron chi connectivity index (χ3n) is 0.427. The SMILES string of the molecule is CC(C)(O)S(=O)O. The second kappa shape index (κ2) is 1.90. The van der Waals surface area contributed by atoms with Gasteiger partial charge in [-0.2, -0.15) is 0 Å². The van der Waals surface area contributed by atoms with Crippen LogP contribution >= 0.6 is 0 Å². The van der Waals surface area contributed by atoms with Crippen LogP contribution < -0.4 is 0 Å². The van der Waals surface area contributed by atoms with Gasteiger partial charge in [0.25, 0.3) is 0 Å². The van der Waals surface area contributed by atoms with Crippen molar-refractivity contribution in [3.63, 3.8) is 0 Å². The Morgan fingerprint density at radius 1 is 1.57 bits per heavy atom. The van der Waals surface area contributed by atoms with Gasteiger partial charge in [-0.1, -0.05) is 0 Å². The number of rotatable bonds is 1. The van der Waals surface area contributed by atoms with Crippen molar-refractivity contribution >= 4 is 11.1 Å². The van der Waals surface area contributed by atoms with Gasteiger partial charge in [0.05, 0.1) is 0 Å². The molecule has 0 aliphatic rings. The summed E-state index contributed by atoms with van der Waals surface area (Å²) in [5.74, 6) is 0. The molecule has 4 heteroatoms. The molecule has 0 saturated heterocycles. The molecule has 0 aromatic heterocycles. The van der Waals surface area contributed by atoms with Crippen LogP contribution in [0, 0.1) is 0 Å². The standard InChI is InChI=1S/C3H8O3S/c1-3(2,4)7(5)6/h4H,1-2H3,(H,5,6). The van der Waals surface area contributed by atoms with Crippen LogP contribution in [0.3, 0.4) is 0 Å². The van der Waals surface area contributed by atoms with Crippen LogP contribution in [-0.2, 0) is 11.1 Å². The van der Waals surface area contributed by atoms with E-state index < -0.39 is 16.0 Å². The maximum Gasteiger partial charge on any atom is 0.185 e. The highest BCUT2D eigenvalue weighted by atomic mass is 32.2. The Bertz CT molecular complexity index is 82.7. The minimum atomic E-state index is -2.13. The van der Waals surface area contributed by atoms with Gasteiger partial charge in [-0.3, -0.25) is 0 Å². The first-order valence-electron chi connectivity index (χ1n) is 1.78. The Labute approximate surface area is 44.6 Å². The van der Waals surface area contributed by atoms with E-state index in [1.165, 1.54) is 13.8 Å². The smallest absolute Gasteiger partial charge is 0.185 e. The Balaban J connectivity index is 3.79. The summed E-state index contributed by atoms with van der Waals surface area (Å²) < 4.78 is 18.0. The predicted octanol–water partition coefficient (Wildman–Crippen LogP) is -0.0635. The van der Waals surface area contributed by atoms with E-state index >= 15 is 0 Å². The first-order valence-corrected chi connectivity index (χ1v) is 2.88. The average Bonchev–Trinajstić information content (AvgIpc) is 1.31.